The molecule has 1 fully saturated rings. The molecule has 3 N–H and O–H groups in total. The number of carbonyl (C=O) groups is 1. The first kappa shape index (κ1) is 27.7. The Hall–Kier alpha value is -3.86. The summed E-state index contributed by atoms with van der Waals surface area (Å²) in [6.07, 6.45) is 1.75. The summed E-state index contributed by atoms with van der Waals surface area (Å²) in [5.74, 6) is 2.43. The summed E-state index contributed by atoms with van der Waals surface area (Å²) in [6.45, 7) is 10.9. The van der Waals surface area contributed by atoms with Gasteiger partial charge in [0.05, 0.1) is 30.1 Å². The molecule has 1 aliphatic rings. The maximum Gasteiger partial charge on any atom is 0.324 e. The van der Waals surface area contributed by atoms with Gasteiger partial charge < -0.3 is 24.3 Å². The maximum atomic E-state index is 12.4. The predicted molar refractivity (Wildman–Crippen MR) is 155 cm³/mol. The van der Waals surface area contributed by atoms with E-state index in [1.54, 1.807) is 12.3 Å². The molecule has 0 bridgehead atoms. The largest absolute Gasteiger partial charge is 0.492 e. The van der Waals surface area contributed by atoms with Crippen LogP contribution in [0.5, 0.6) is 5.75 Å². The molecule has 3 heterocycles. The van der Waals surface area contributed by atoms with E-state index < -0.39 is 6.03 Å². The summed E-state index contributed by atoms with van der Waals surface area (Å²) < 4.78 is 16.6. The molecular weight excluding hydrogens is 532 g/mol. The highest BCUT2D eigenvalue weighted by Gasteiger charge is 2.20. The number of nitrogens with zero attached hydrogens (tertiary/aromatic N) is 3. The number of ether oxygens (including phenoxy) is 2. The van der Waals surface area contributed by atoms with E-state index >= 15 is 0 Å². The number of hydrogen-bond donors (Lipinski definition) is 3. The molecule has 1 aliphatic heterocycles. The molecule has 5 rings (SSSR count). The molecular formula is C29H33ClN6O4. The molecule has 4 aromatic rings. The highest BCUT2D eigenvalue weighted by Crippen LogP contribution is 2.31. The third-order valence-corrected chi connectivity index (χ3v) is 6.81. The minimum atomic E-state index is -0.409. The third-order valence-electron chi connectivity index (χ3n) is 6.50. The van der Waals surface area contributed by atoms with Crippen LogP contribution in [0.15, 0.2) is 59.3 Å². The van der Waals surface area contributed by atoms with Crippen LogP contribution in [0.1, 0.15) is 26.5 Å². The van der Waals surface area contributed by atoms with Gasteiger partial charge in [0.2, 0.25) is 0 Å². The fraction of sp³-hybridized carbons (Fsp3) is 0.345. The molecule has 11 heteroatoms. The molecule has 0 unspecified atom stereocenters. The van der Waals surface area contributed by atoms with Crippen molar-refractivity contribution >= 4 is 29.1 Å². The summed E-state index contributed by atoms with van der Waals surface area (Å²) in [6, 6.07) is 14.3. The number of nitrogens with one attached hydrogen (secondary N) is 3. The molecule has 40 heavy (non-hydrogen) atoms. The number of imidazole rings is 1. The molecule has 0 radical (unpaired) electrons. The van der Waals surface area contributed by atoms with E-state index in [2.05, 4.69) is 30.7 Å². The molecule has 0 saturated carbocycles. The number of H-pyrrole nitrogens is 1. The van der Waals surface area contributed by atoms with E-state index in [9.17, 15) is 4.79 Å². The van der Waals surface area contributed by atoms with E-state index in [0.717, 1.165) is 55.4 Å². The van der Waals surface area contributed by atoms with E-state index in [0.29, 0.717) is 34.7 Å². The monoisotopic (exact) mass is 564 g/mol. The summed E-state index contributed by atoms with van der Waals surface area (Å²) in [5, 5.41) is 9.95. The fourth-order valence-electron chi connectivity index (χ4n) is 4.20. The number of rotatable bonds is 8. The molecule has 2 amide bonds. The van der Waals surface area contributed by atoms with Crippen molar-refractivity contribution in [1.82, 2.24) is 20.0 Å². The number of morpholine rings is 1. The van der Waals surface area contributed by atoms with Gasteiger partial charge in [-0.2, -0.15) is 0 Å². The summed E-state index contributed by atoms with van der Waals surface area (Å²) in [4.78, 5) is 22.6. The third kappa shape index (κ3) is 7.01. The van der Waals surface area contributed by atoms with Crippen LogP contribution in [0.4, 0.5) is 16.3 Å². The zero-order valence-corrected chi connectivity index (χ0v) is 23.5. The Labute approximate surface area is 238 Å². The molecule has 2 aromatic heterocycles. The number of amides is 2. The van der Waals surface area contributed by atoms with Gasteiger partial charge in [-0.1, -0.05) is 49.7 Å². The number of hydrogen-bond acceptors (Lipinski definition) is 7. The van der Waals surface area contributed by atoms with Gasteiger partial charge in [0.25, 0.3) is 0 Å². The first-order chi connectivity index (χ1) is 19.2. The Bertz CT molecular complexity index is 1440. The molecule has 0 spiro atoms. The maximum absolute atomic E-state index is 12.4. The van der Waals surface area contributed by atoms with Gasteiger partial charge in [0, 0.05) is 42.4 Å². The van der Waals surface area contributed by atoms with Crippen molar-refractivity contribution in [2.24, 2.45) is 0 Å². The van der Waals surface area contributed by atoms with E-state index in [1.807, 2.05) is 63.2 Å². The minimum absolute atomic E-state index is 0.196. The second-order valence-electron chi connectivity index (χ2n) is 10.6. The Balaban J connectivity index is 1.16. The van der Waals surface area contributed by atoms with Gasteiger partial charge in [-0.25, -0.2) is 9.78 Å². The lowest BCUT2D eigenvalue weighted by molar-refractivity contribution is 0.0322. The minimum Gasteiger partial charge on any atom is -0.492 e. The first-order valence-corrected chi connectivity index (χ1v) is 13.6. The van der Waals surface area contributed by atoms with Gasteiger partial charge >= 0.3 is 6.03 Å². The lowest BCUT2D eigenvalue weighted by Gasteiger charge is -2.26. The van der Waals surface area contributed by atoms with Crippen LogP contribution in [0.2, 0.25) is 5.02 Å². The van der Waals surface area contributed by atoms with Crippen LogP contribution < -0.4 is 15.4 Å². The first-order valence-electron chi connectivity index (χ1n) is 13.2. The van der Waals surface area contributed by atoms with Crippen molar-refractivity contribution in [2.75, 3.05) is 50.1 Å². The summed E-state index contributed by atoms with van der Waals surface area (Å²) in [5.41, 5.74) is 2.96. The van der Waals surface area contributed by atoms with E-state index in [-0.39, 0.29) is 5.41 Å². The van der Waals surface area contributed by atoms with Gasteiger partial charge in [0.1, 0.15) is 23.9 Å². The fourth-order valence-corrected chi connectivity index (χ4v) is 4.46. The smallest absolute Gasteiger partial charge is 0.324 e. The van der Waals surface area contributed by atoms with Crippen molar-refractivity contribution in [3.63, 3.8) is 0 Å². The van der Waals surface area contributed by atoms with Crippen molar-refractivity contribution in [3.05, 3.63) is 65.5 Å². The topological polar surface area (TPSA) is 118 Å². The highest BCUT2D eigenvalue weighted by molar-refractivity contribution is 6.33. The number of aromatic nitrogens is 3. The van der Waals surface area contributed by atoms with E-state index in [4.69, 9.17) is 25.6 Å². The van der Waals surface area contributed by atoms with Gasteiger partial charge in [-0.15, -0.1) is 0 Å². The quantitative estimate of drug-likeness (QED) is 0.239. The van der Waals surface area contributed by atoms with Crippen LogP contribution in [0, 0.1) is 0 Å². The summed E-state index contributed by atoms with van der Waals surface area (Å²) in [7, 11) is 0. The SMILES string of the molecule is CC(C)(C)c1cc(NC(=O)Nc2ccc(-c3cnc(-c4ccc(OCCN5CCOCC5)cc4Cl)[nH]3)cc2)no1. The number of urea groups is 1. The number of anilines is 2. The Morgan fingerprint density at radius 1 is 1.10 bits per heavy atom. The van der Waals surface area contributed by atoms with Gasteiger partial charge in [0.15, 0.2) is 5.82 Å². The Kier molecular flexibility index (Phi) is 8.39. The Morgan fingerprint density at radius 3 is 2.58 bits per heavy atom. The number of carbonyl (C=O) groups excluding carboxylic acids is 1. The van der Waals surface area contributed by atoms with Crippen molar-refractivity contribution in [3.8, 4) is 28.4 Å². The average Bonchev–Trinajstić information content (AvgIpc) is 3.60. The lowest BCUT2D eigenvalue weighted by Crippen LogP contribution is -2.38. The van der Waals surface area contributed by atoms with Crippen LogP contribution in [0.25, 0.3) is 22.6 Å². The zero-order chi connectivity index (χ0) is 28.1. The number of halogens is 1. The zero-order valence-electron chi connectivity index (χ0n) is 22.8. The lowest BCUT2D eigenvalue weighted by atomic mass is 9.93. The van der Waals surface area contributed by atoms with Crippen LogP contribution in [0.3, 0.4) is 0 Å². The molecule has 0 aliphatic carbocycles. The predicted octanol–water partition coefficient (Wildman–Crippen LogP) is 6.04. The molecule has 210 valence electrons. The van der Waals surface area contributed by atoms with Crippen LogP contribution in [-0.2, 0) is 10.2 Å². The standard InChI is InChI=1S/C29H33ClN6O4/c1-29(2,3)25-17-26(35-40-25)34-28(37)32-20-6-4-19(5-7-20)24-18-31-27(33-24)22-9-8-21(16-23(22)30)39-15-12-36-10-13-38-14-11-36/h4-9,16-18H,10-15H2,1-3H3,(H,31,33)(H2,32,34,35,37). The second-order valence-corrected chi connectivity index (χ2v) is 11.0. The van der Waals surface area contributed by atoms with E-state index in [1.165, 1.54) is 0 Å². The normalized spacial score (nSPS) is 14.2. The van der Waals surface area contributed by atoms with Gasteiger partial charge in [-0.3, -0.25) is 10.2 Å². The number of benzene rings is 2. The Morgan fingerprint density at radius 2 is 1.88 bits per heavy atom. The van der Waals surface area contributed by atoms with Crippen molar-refractivity contribution < 1.29 is 18.8 Å². The molecule has 1 saturated heterocycles. The van der Waals surface area contributed by atoms with Crippen molar-refractivity contribution in [1.29, 1.82) is 0 Å². The molecule has 10 nitrogen and oxygen atoms in total. The second kappa shape index (κ2) is 12.1. The molecule has 0 atom stereocenters. The average molecular weight is 565 g/mol. The number of aromatic amines is 1. The highest BCUT2D eigenvalue weighted by atomic mass is 35.5. The molecule has 2 aromatic carbocycles. The van der Waals surface area contributed by atoms with Crippen LogP contribution in [-0.4, -0.2) is 65.5 Å². The summed E-state index contributed by atoms with van der Waals surface area (Å²) >= 11 is 6.57. The van der Waals surface area contributed by atoms with Crippen molar-refractivity contribution in [2.45, 2.75) is 26.2 Å². The van der Waals surface area contributed by atoms with Gasteiger partial charge in [-0.05, 0) is 35.9 Å². The van der Waals surface area contributed by atoms with Crippen LogP contribution >= 0.6 is 11.6 Å².